The topological polar surface area (TPSA) is 75.7 Å². The Morgan fingerprint density at radius 3 is 2.26 bits per heavy atom. The quantitative estimate of drug-likeness (QED) is 0.551. The molecule has 0 saturated carbocycles. The van der Waals surface area contributed by atoms with Crippen molar-refractivity contribution >= 4 is 44.8 Å². The summed E-state index contributed by atoms with van der Waals surface area (Å²) in [5, 5.41) is 3.27. The van der Waals surface area contributed by atoms with E-state index in [4.69, 9.17) is 27.9 Å². The Morgan fingerprint density at radius 1 is 1.13 bits per heavy atom. The molecule has 2 aromatic carbocycles. The van der Waals surface area contributed by atoms with Crippen molar-refractivity contribution in [3.05, 3.63) is 58.1 Å². The lowest BCUT2D eigenvalue weighted by Crippen LogP contribution is -2.48. The maximum absolute atomic E-state index is 12.7. The van der Waals surface area contributed by atoms with Crippen LogP contribution in [0.25, 0.3) is 0 Å². The Hall–Kier alpha value is -1.96. The number of benzene rings is 2. The lowest BCUT2D eigenvalue weighted by molar-refractivity contribution is -0.121. The molecule has 0 fully saturated rings. The third kappa shape index (κ3) is 7.02. The minimum atomic E-state index is -3.77. The van der Waals surface area contributed by atoms with Crippen molar-refractivity contribution < 1.29 is 17.9 Å². The molecule has 0 aliphatic carbocycles. The largest absolute Gasteiger partial charge is 0.491 e. The monoisotopic (exact) mass is 486 g/mol. The molecule has 2 rings (SSSR count). The fourth-order valence-electron chi connectivity index (χ4n) is 3.17. The molecule has 0 bridgehead atoms. The van der Waals surface area contributed by atoms with Crippen LogP contribution in [0.3, 0.4) is 0 Å². The van der Waals surface area contributed by atoms with Gasteiger partial charge in [-0.2, -0.15) is 0 Å². The van der Waals surface area contributed by atoms with Crippen LogP contribution in [0, 0.1) is 0 Å². The second kappa shape index (κ2) is 10.1. The molecule has 0 unspecified atom stereocenters. The number of hydrogen-bond acceptors (Lipinski definition) is 4. The van der Waals surface area contributed by atoms with Crippen molar-refractivity contribution in [2.45, 2.75) is 39.2 Å². The third-order valence-electron chi connectivity index (χ3n) is 4.54. The standard InChI is InChI=1S/C22H28Cl2N2O4S/c1-15(26(31(5,28)29)18-13-16(23)12-17(24)14-18)21(27)25-10-11-30-20-9-7-6-8-19(20)22(2,3)4/h6-9,12-15H,10-11H2,1-5H3,(H,25,27)/t15-/m0/s1. The molecular weight excluding hydrogens is 459 g/mol. The highest BCUT2D eigenvalue weighted by molar-refractivity contribution is 7.92. The molecule has 6 nitrogen and oxygen atoms in total. The van der Waals surface area contributed by atoms with Crippen LogP contribution in [0.1, 0.15) is 33.3 Å². The summed E-state index contributed by atoms with van der Waals surface area (Å²) in [6, 6.07) is 11.1. The fourth-order valence-corrected chi connectivity index (χ4v) is 4.84. The lowest BCUT2D eigenvalue weighted by Gasteiger charge is -2.28. The summed E-state index contributed by atoms with van der Waals surface area (Å²) in [7, 11) is -3.77. The van der Waals surface area contributed by atoms with E-state index in [9.17, 15) is 13.2 Å². The van der Waals surface area contributed by atoms with E-state index in [1.54, 1.807) is 0 Å². The van der Waals surface area contributed by atoms with Crippen LogP contribution in [-0.2, 0) is 20.2 Å². The Balaban J connectivity index is 2.06. The Kier molecular flexibility index (Phi) is 8.25. The summed E-state index contributed by atoms with van der Waals surface area (Å²) in [5.74, 6) is 0.290. The molecule has 2 aromatic rings. The average molecular weight is 487 g/mol. The molecule has 1 N–H and O–H groups in total. The van der Waals surface area contributed by atoms with Crippen LogP contribution in [-0.4, -0.2) is 39.8 Å². The van der Waals surface area contributed by atoms with Crippen LogP contribution < -0.4 is 14.4 Å². The van der Waals surface area contributed by atoms with Gasteiger partial charge in [-0.15, -0.1) is 0 Å². The number of hydrogen-bond donors (Lipinski definition) is 1. The second-order valence-corrected chi connectivity index (χ2v) is 11.0. The van der Waals surface area contributed by atoms with Gasteiger partial charge in [0, 0.05) is 10.0 Å². The van der Waals surface area contributed by atoms with Crippen molar-refractivity contribution in [3.63, 3.8) is 0 Å². The highest BCUT2D eigenvalue weighted by atomic mass is 35.5. The summed E-state index contributed by atoms with van der Waals surface area (Å²) in [5.41, 5.74) is 1.21. The lowest BCUT2D eigenvalue weighted by atomic mass is 9.86. The Bertz CT molecular complexity index is 1020. The van der Waals surface area contributed by atoms with Gasteiger partial charge in [0.25, 0.3) is 0 Å². The number of carbonyl (C=O) groups excluding carboxylic acids is 1. The fraction of sp³-hybridized carbons (Fsp3) is 0.409. The zero-order chi connectivity index (χ0) is 23.4. The zero-order valence-corrected chi connectivity index (χ0v) is 20.6. The van der Waals surface area contributed by atoms with E-state index in [1.165, 1.54) is 25.1 Å². The average Bonchev–Trinajstić information content (AvgIpc) is 2.62. The molecule has 0 aromatic heterocycles. The van der Waals surface area contributed by atoms with Crippen LogP contribution in [0.5, 0.6) is 5.75 Å². The van der Waals surface area contributed by atoms with E-state index in [1.807, 2.05) is 24.3 Å². The number of anilines is 1. The van der Waals surface area contributed by atoms with Gasteiger partial charge in [0.2, 0.25) is 15.9 Å². The highest BCUT2D eigenvalue weighted by Gasteiger charge is 2.29. The van der Waals surface area contributed by atoms with Crippen LogP contribution in [0.15, 0.2) is 42.5 Å². The van der Waals surface area contributed by atoms with Gasteiger partial charge in [-0.1, -0.05) is 62.2 Å². The van der Waals surface area contributed by atoms with E-state index in [2.05, 4.69) is 26.1 Å². The second-order valence-electron chi connectivity index (χ2n) is 8.25. The minimum absolute atomic E-state index is 0.0808. The van der Waals surface area contributed by atoms with Gasteiger partial charge in [0.15, 0.2) is 0 Å². The molecule has 0 saturated heterocycles. The predicted molar refractivity (Wildman–Crippen MR) is 127 cm³/mol. The number of rotatable bonds is 8. The molecule has 9 heteroatoms. The summed E-state index contributed by atoms with van der Waals surface area (Å²) < 4.78 is 31.6. The van der Waals surface area contributed by atoms with Crippen LogP contribution in [0.4, 0.5) is 5.69 Å². The number of amides is 1. The first kappa shape index (κ1) is 25.3. The van der Waals surface area contributed by atoms with Crippen molar-refractivity contribution in [3.8, 4) is 5.75 Å². The normalized spacial score (nSPS) is 12.9. The van der Waals surface area contributed by atoms with E-state index >= 15 is 0 Å². The van der Waals surface area contributed by atoms with Gasteiger partial charge < -0.3 is 10.1 Å². The van der Waals surface area contributed by atoms with Gasteiger partial charge >= 0.3 is 0 Å². The van der Waals surface area contributed by atoms with Crippen molar-refractivity contribution in [2.75, 3.05) is 23.7 Å². The summed E-state index contributed by atoms with van der Waals surface area (Å²) in [6.07, 6.45) is 1.03. The Labute approximate surface area is 194 Å². The minimum Gasteiger partial charge on any atom is -0.491 e. The number of sulfonamides is 1. The first-order chi connectivity index (χ1) is 14.3. The van der Waals surface area contributed by atoms with Crippen LogP contribution >= 0.6 is 23.2 Å². The maximum atomic E-state index is 12.7. The molecule has 31 heavy (non-hydrogen) atoms. The molecule has 0 heterocycles. The highest BCUT2D eigenvalue weighted by Crippen LogP contribution is 2.31. The molecule has 0 aliphatic heterocycles. The number of halogens is 2. The third-order valence-corrected chi connectivity index (χ3v) is 6.22. The molecule has 0 aliphatic rings. The smallest absolute Gasteiger partial charge is 0.243 e. The molecule has 170 valence electrons. The van der Waals surface area contributed by atoms with E-state index in [-0.39, 0.29) is 34.3 Å². The Morgan fingerprint density at radius 2 is 1.71 bits per heavy atom. The van der Waals surface area contributed by atoms with Crippen molar-refractivity contribution in [1.29, 1.82) is 0 Å². The van der Waals surface area contributed by atoms with E-state index in [0.717, 1.165) is 21.9 Å². The van der Waals surface area contributed by atoms with E-state index in [0.29, 0.717) is 0 Å². The number of para-hydroxylation sites is 1. The van der Waals surface area contributed by atoms with E-state index < -0.39 is 22.0 Å². The summed E-state index contributed by atoms with van der Waals surface area (Å²) in [6.45, 7) is 8.26. The van der Waals surface area contributed by atoms with Gasteiger partial charge in [0.1, 0.15) is 18.4 Å². The van der Waals surface area contributed by atoms with Gasteiger partial charge in [-0.25, -0.2) is 8.42 Å². The van der Waals surface area contributed by atoms with Gasteiger partial charge in [-0.3, -0.25) is 9.10 Å². The zero-order valence-electron chi connectivity index (χ0n) is 18.3. The molecule has 1 atom stereocenters. The van der Waals surface area contributed by atoms with Crippen molar-refractivity contribution in [1.82, 2.24) is 5.32 Å². The number of carbonyl (C=O) groups is 1. The molecular formula is C22H28Cl2N2O4S. The number of nitrogens with one attached hydrogen (secondary N) is 1. The number of nitrogens with zero attached hydrogens (tertiary/aromatic N) is 1. The maximum Gasteiger partial charge on any atom is 0.243 e. The number of ether oxygens (including phenoxy) is 1. The summed E-state index contributed by atoms with van der Waals surface area (Å²) in [4.78, 5) is 12.7. The molecule has 0 spiro atoms. The molecule has 0 radical (unpaired) electrons. The predicted octanol–water partition coefficient (Wildman–Crippen LogP) is 4.64. The first-order valence-electron chi connectivity index (χ1n) is 9.76. The van der Waals surface area contributed by atoms with Crippen LogP contribution in [0.2, 0.25) is 10.0 Å². The van der Waals surface area contributed by atoms with Gasteiger partial charge in [0.05, 0.1) is 18.5 Å². The van der Waals surface area contributed by atoms with Gasteiger partial charge in [-0.05, 0) is 42.2 Å². The summed E-state index contributed by atoms with van der Waals surface area (Å²) >= 11 is 12.0. The SMILES string of the molecule is C[C@@H](C(=O)NCCOc1ccccc1C(C)(C)C)N(c1cc(Cl)cc(Cl)c1)S(C)(=O)=O. The van der Waals surface area contributed by atoms with Crippen molar-refractivity contribution in [2.24, 2.45) is 0 Å². The molecule has 1 amide bonds. The first-order valence-corrected chi connectivity index (χ1v) is 12.4.